The summed E-state index contributed by atoms with van der Waals surface area (Å²) in [5.74, 6) is -1.75. The highest BCUT2D eigenvalue weighted by molar-refractivity contribution is 7.80. The number of nitrogens with one attached hydrogen (secondary N) is 1. The molecule has 0 radical (unpaired) electrons. The van der Waals surface area contributed by atoms with Crippen LogP contribution in [0, 0.1) is 5.82 Å². The van der Waals surface area contributed by atoms with Gasteiger partial charge in [-0.3, -0.25) is 19.8 Å². The number of halogens is 1. The summed E-state index contributed by atoms with van der Waals surface area (Å²) in [6.07, 6.45) is 1.37. The first-order valence-corrected chi connectivity index (χ1v) is 9.88. The van der Waals surface area contributed by atoms with Crippen LogP contribution in [0.25, 0.3) is 6.08 Å². The molecule has 8 nitrogen and oxygen atoms in total. The number of methoxy groups -OCH3 is 1. The van der Waals surface area contributed by atoms with Crippen LogP contribution < -0.4 is 19.7 Å². The van der Waals surface area contributed by atoms with Crippen LogP contribution in [0.1, 0.15) is 12.5 Å². The number of hydrogen-bond acceptors (Lipinski definition) is 7. The third kappa shape index (κ3) is 5.09. The SMILES string of the molecule is CCOC(=O)COc1ccc(C=C2C(=O)NC(=S)N(c3ccc(F)cc3)C2=O)cc1OC. The van der Waals surface area contributed by atoms with Gasteiger partial charge in [0.2, 0.25) is 0 Å². The summed E-state index contributed by atoms with van der Waals surface area (Å²) in [6.45, 7) is 1.63. The van der Waals surface area contributed by atoms with Gasteiger partial charge in [-0.15, -0.1) is 0 Å². The van der Waals surface area contributed by atoms with Crippen molar-refractivity contribution < 1.29 is 33.0 Å². The van der Waals surface area contributed by atoms with Crippen LogP contribution in [-0.4, -0.2) is 43.2 Å². The molecule has 32 heavy (non-hydrogen) atoms. The summed E-state index contributed by atoms with van der Waals surface area (Å²) in [4.78, 5) is 38.0. The van der Waals surface area contributed by atoms with E-state index >= 15 is 0 Å². The summed E-state index contributed by atoms with van der Waals surface area (Å²) < 4.78 is 28.8. The maximum Gasteiger partial charge on any atom is 0.344 e. The molecule has 2 aromatic carbocycles. The standard InChI is InChI=1S/C22H19FN2O6S/c1-3-30-19(26)12-31-17-9-4-13(11-18(17)29-2)10-16-20(27)24-22(32)25(21(16)28)15-7-5-14(23)6-8-15/h4-11H,3,12H2,1-2H3,(H,24,27,32). The van der Waals surface area contributed by atoms with Gasteiger partial charge in [-0.25, -0.2) is 9.18 Å². The molecule has 0 spiro atoms. The minimum atomic E-state index is -0.667. The first kappa shape index (κ1) is 22.9. The predicted octanol–water partition coefficient (Wildman–Crippen LogP) is 2.61. The van der Waals surface area contributed by atoms with Gasteiger partial charge < -0.3 is 14.2 Å². The lowest BCUT2D eigenvalue weighted by Crippen LogP contribution is -2.54. The highest BCUT2D eigenvalue weighted by Crippen LogP contribution is 2.30. The number of rotatable bonds is 7. The van der Waals surface area contributed by atoms with Crippen LogP contribution >= 0.6 is 12.2 Å². The van der Waals surface area contributed by atoms with Crippen molar-refractivity contribution in [2.75, 3.05) is 25.2 Å². The number of thiocarbonyl (C=S) groups is 1. The lowest BCUT2D eigenvalue weighted by Gasteiger charge is -2.28. The molecule has 0 aromatic heterocycles. The molecule has 166 valence electrons. The summed E-state index contributed by atoms with van der Waals surface area (Å²) in [6, 6.07) is 9.81. The monoisotopic (exact) mass is 458 g/mol. The number of esters is 1. The first-order valence-electron chi connectivity index (χ1n) is 9.47. The van der Waals surface area contributed by atoms with Crippen molar-refractivity contribution in [3.05, 3.63) is 59.4 Å². The van der Waals surface area contributed by atoms with E-state index in [4.69, 9.17) is 26.4 Å². The maximum absolute atomic E-state index is 13.3. The van der Waals surface area contributed by atoms with E-state index in [0.29, 0.717) is 17.0 Å². The summed E-state index contributed by atoms with van der Waals surface area (Å²) in [5, 5.41) is 2.35. The van der Waals surface area contributed by atoms with E-state index in [1.54, 1.807) is 19.1 Å². The number of amides is 2. The van der Waals surface area contributed by atoms with Crippen LogP contribution in [0.2, 0.25) is 0 Å². The Bertz CT molecular complexity index is 1100. The van der Waals surface area contributed by atoms with Crippen molar-refractivity contribution in [2.45, 2.75) is 6.92 Å². The van der Waals surface area contributed by atoms with Crippen LogP contribution in [-0.2, 0) is 19.1 Å². The highest BCUT2D eigenvalue weighted by atomic mass is 32.1. The summed E-state index contributed by atoms with van der Waals surface area (Å²) in [7, 11) is 1.41. The van der Waals surface area contributed by atoms with Crippen molar-refractivity contribution in [2.24, 2.45) is 0 Å². The summed E-state index contributed by atoms with van der Waals surface area (Å²) >= 11 is 5.12. The number of anilines is 1. The molecule has 1 aliphatic heterocycles. The van der Waals surface area contributed by atoms with Crippen molar-refractivity contribution in [1.29, 1.82) is 0 Å². The average Bonchev–Trinajstić information content (AvgIpc) is 2.77. The van der Waals surface area contributed by atoms with Gasteiger partial charge in [-0.05, 0) is 67.2 Å². The first-order chi connectivity index (χ1) is 15.3. The minimum Gasteiger partial charge on any atom is -0.493 e. The van der Waals surface area contributed by atoms with Gasteiger partial charge in [0, 0.05) is 0 Å². The van der Waals surface area contributed by atoms with E-state index in [9.17, 15) is 18.8 Å². The minimum absolute atomic E-state index is 0.107. The topological polar surface area (TPSA) is 94.2 Å². The van der Waals surface area contributed by atoms with Gasteiger partial charge in [0.1, 0.15) is 11.4 Å². The van der Waals surface area contributed by atoms with E-state index < -0.39 is 23.6 Å². The van der Waals surface area contributed by atoms with Crippen molar-refractivity contribution in [3.63, 3.8) is 0 Å². The Morgan fingerprint density at radius 1 is 1.16 bits per heavy atom. The fourth-order valence-electron chi connectivity index (χ4n) is 2.88. The van der Waals surface area contributed by atoms with Gasteiger partial charge >= 0.3 is 5.97 Å². The molecule has 1 fully saturated rings. The summed E-state index contributed by atoms with van der Waals surface area (Å²) in [5.41, 5.74) is 0.605. The van der Waals surface area contributed by atoms with Crippen LogP contribution in [0.5, 0.6) is 11.5 Å². The molecule has 1 N–H and O–H groups in total. The maximum atomic E-state index is 13.3. The van der Waals surface area contributed by atoms with Gasteiger partial charge in [0.05, 0.1) is 19.4 Å². The van der Waals surface area contributed by atoms with Gasteiger partial charge in [0.15, 0.2) is 23.2 Å². The molecule has 0 atom stereocenters. The van der Waals surface area contributed by atoms with Crippen LogP contribution in [0.4, 0.5) is 10.1 Å². The Morgan fingerprint density at radius 3 is 2.53 bits per heavy atom. The molecule has 1 aliphatic rings. The number of nitrogens with zero attached hydrogens (tertiary/aromatic N) is 1. The molecule has 3 rings (SSSR count). The molecule has 2 amide bonds. The Hall–Kier alpha value is -3.79. The van der Waals surface area contributed by atoms with Crippen LogP contribution in [0.3, 0.4) is 0 Å². The Morgan fingerprint density at radius 2 is 1.88 bits per heavy atom. The smallest absolute Gasteiger partial charge is 0.344 e. The van der Waals surface area contributed by atoms with Crippen molar-refractivity contribution in [3.8, 4) is 11.5 Å². The average molecular weight is 458 g/mol. The third-order valence-electron chi connectivity index (χ3n) is 4.34. The van der Waals surface area contributed by atoms with Gasteiger partial charge in [-0.2, -0.15) is 0 Å². The van der Waals surface area contributed by atoms with Gasteiger partial charge in [-0.1, -0.05) is 6.07 Å². The zero-order valence-electron chi connectivity index (χ0n) is 17.2. The molecule has 1 heterocycles. The molecule has 10 heteroatoms. The fraction of sp³-hybridized carbons (Fsp3) is 0.182. The number of ether oxygens (including phenoxy) is 3. The Balaban J connectivity index is 1.87. The lowest BCUT2D eigenvalue weighted by atomic mass is 10.1. The number of hydrogen-bond donors (Lipinski definition) is 1. The fourth-order valence-corrected chi connectivity index (χ4v) is 3.16. The van der Waals surface area contributed by atoms with Crippen molar-refractivity contribution in [1.82, 2.24) is 5.32 Å². The van der Waals surface area contributed by atoms with Gasteiger partial charge in [0.25, 0.3) is 11.8 Å². The molecule has 0 saturated carbocycles. The van der Waals surface area contributed by atoms with E-state index in [2.05, 4.69) is 5.32 Å². The zero-order chi connectivity index (χ0) is 23.3. The Labute approximate surface area is 188 Å². The third-order valence-corrected chi connectivity index (χ3v) is 4.62. The van der Waals surface area contributed by atoms with E-state index in [1.165, 1.54) is 43.5 Å². The molecule has 2 aromatic rings. The molecule has 0 aliphatic carbocycles. The Kier molecular flexibility index (Phi) is 7.16. The van der Waals surface area contributed by atoms with Crippen molar-refractivity contribution >= 4 is 46.9 Å². The second-order valence-corrected chi connectivity index (χ2v) is 6.82. The molecule has 0 unspecified atom stereocenters. The normalized spacial score (nSPS) is 14.9. The lowest BCUT2D eigenvalue weighted by molar-refractivity contribution is -0.145. The predicted molar refractivity (Wildman–Crippen MR) is 118 cm³/mol. The zero-order valence-corrected chi connectivity index (χ0v) is 18.0. The van der Waals surface area contributed by atoms with E-state index in [0.717, 1.165) is 4.90 Å². The van der Waals surface area contributed by atoms with E-state index in [1.807, 2.05) is 0 Å². The quantitative estimate of drug-likeness (QED) is 0.295. The van der Waals surface area contributed by atoms with Crippen LogP contribution in [0.15, 0.2) is 48.0 Å². The molecule has 0 bridgehead atoms. The largest absolute Gasteiger partial charge is 0.493 e. The second kappa shape index (κ2) is 10.0. The number of carbonyl (C=O) groups is 3. The molecular weight excluding hydrogens is 439 g/mol. The van der Waals surface area contributed by atoms with E-state index in [-0.39, 0.29) is 29.6 Å². The molecule has 1 saturated heterocycles. The number of carbonyl (C=O) groups excluding carboxylic acids is 3. The highest BCUT2D eigenvalue weighted by Gasteiger charge is 2.34. The second-order valence-electron chi connectivity index (χ2n) is 6.44. The number of benzene rings is 2. The molecular formula is C22H19FN2O6S.